The fraction of sp³-hybridized carbons (Fsp3) is 0.429. The molecule has 0 unspecified atom stereocenters. The van der Waals surface area contributed by atoms with Crippen LogP contribution in [0, 0.1) is 6.92 Å². The van der Waals surface area contributed by atoms with E-state index in [4.69, 9.17) is 19.2 Å². The quantitative estimate of drug-likeness (QED) is 0.387. The van der Waals surface area contributed by atoms with Gasteiger partial charge < -0.3 is 14.2 Å². The van der Waals surface area contributed by atoms with Crippen LogP contribution in [0.15, 0.2) is 35.6 Å². The van der Waals surface area contributed by atoms with Gasteiger partial charge in [0.05, 0.1) is 19.9 Å². The van der Waals surface area contributed by atoms with Gasteiger partial charge in [-0.3, -0.25) is 0 Å². The summed E-state index contributed by atoms with van der Waals surface area (Å²) in [5, 5.41) is 3.15. The molecule has 0 atom stereocenters. The third kappa shape index (κ3) is 4.69. The van der Waals surface area contributed by atoms with E-state index in [-0.39, 0.29) is 5.76 Å². The summed E-state index contributed by atoms with van der Waals surface area (Å²) >= 11 is 1.65. The van der Waals surface area contributed by atoms with Gasteiger partial charge in [-0.25, -0.2) is 9.78 Å². The molecular weight excluding hydrogens is 362 g/mol. The van der Waals surface area contributed by atoms with E-state index in [9.17, 15) is 4.79 Å². The largest absolute Gasteiger partial charge is 0.500 e. The Kier molecular flexibility index (Phi) is 6.50. The Morgan fingerprint density at radius 3 is 2.70 bits per heavy atom. The summed E-state index contributed by atoms with van der Waals surface area (Å²) in [6.07, 6.45) is 7.63. The first kappa shape index (κ1) is 19.4. The predicted molar refractivity (Wildman–Crippen MR) is 106 cm³/mol. The van der Waals surface area contributed by atoms with Crippen LogP contribution in [-0.2, 0) is 14.3 Å². The number of nitrogens with zero attached hydrogens (tertiary/aromatic N) is 1. The van der Waals surface area contributed by atoms with Gasteiger partial charge in [-0.15, -0.1) is 11.3 Å². The molecule has 0 saturated heterocycles. The van der Waals surface area contributed by atoms with Crippen LogP contribution in [0.1, 0.15) is 49.3 Å². The maximum absolute atomic E-state index is 11.8. The van der Waals surface area contributed by atoms with Crippen LogP contribution in [0.5, 0.6) is 5.75 Å². The van der Waals surface area contributed by atoms with E-state index in [0.29, 0.717) is 11.7 Å². The molecule has 1 aliphatic rings. The molecule has 0 radical (unpaired) electrons. The molecule has 1 fully saturated rings. The lowest BCUT2D eigenvalue weighted by Gasteiger charge is -2.19. The summed E-state index contributed by atoms with van der Waals surface area (Å²) in [5.41, 5.74) is 3.09. The number of esters is 1. The first-order chi connectivity index (χ1) is 13.1. The van der Waals surface area contributed by atoms with Crippen molar-refractivity contribution in [1.29, 1.82) is 0 Å². The van der Waals surface area contributed by atoms with Gasteiger partial charge in [-0.2, -0.15) is 0 Å². The molecule has 3 rings (SSSR count). The molecule has 2 aromatic rings. The number of hydrogen-bond donors (Lipinski definition) is 0. The molecule has 1 saturated carbocycles. The lowest BCUT2D eigenvalue weighted by Crippen LogP contribution is -2.11. The Balaban J connectivity index is 1.83. The average molecular weight is 388 g/mol. The van der Waals surface area contributed by atoms with Crippen molar-refractivity contribution in [2.24, 2.45) is 0 Å². The summed E-state index contributed by atoms with van der Waals surface area (Å²) in [5.74, 6) is 0.578. The number of carbonyl (C=O) groups excluding carboxylic acids is 1. The van der Waals surface area contributed by atoms with Gasteiger partial charge in [-0.1, -0.05) is 31.4 Å². The van der Waals surface area contributed by atoms with Crippen molar-refractivity contribution in [3.8, 4) is 16.3 Å². The number of aryl methyl sites for hydroxylation is 1. The topological polar surface area (TPSA) is 57.7 Å². The zero-order chi connectivity index (χ0) is 19.2. The Morgan fingerprint density at radius 1 is 1.22 bits per heavy atom. The van der Waals surface area contributed by atoms with Gasteiger partial charge >= 0.3 is 5.97 Å². The highest BCUT2D eigenvalue weighted by molar-refractivity contribution is 7.13. The van der Waals surface area contributed by atoms with Gasteiger partial charge in [0.1, 0.15) is 17.0 Å². The molecule has 0 N–H and O–H groups in total. The molecule has 144 valence electrons. The smallest absolute Gasteiger partial charge is 0.377 e. The van der Waals surface area contributed by atoms with E-state index in [0.717, 1.165) is 16.1 Å². The molecule has 1 aromatic carbocycles. The summed E-state index contributed by atoms with van der Waals surface area (Å²) in [6.45, 7) is 1.93. The van der Waals surface area contributed by atoms with Crippen molar-refractivity contribution in [3.63, 3.8) is 0 Å². The highest BCUT2D eigenvalue weighted by atomic mass is 32.1. The number of carbonyl (C=O) groups is 1. The number of aromatic nitrogens is 1. The number of benzene rings is 1. The van der Waals surface area contributed by atoms with Crippen LogP contribution < -0.4 is 4.74 Å². The zero-order valence-corrected chi connectivity index (χ0v) is 16.8. The number of hydrogen-bond acceptors (Lipinski definition) is 6. The number of ether oxygens (including phenoxy) is 3. The van der Waals surface area contributed by atoms with E-state index < -0.39 is 5.97 Å². The first-order valence-electron chi connectivity index (χ1n) is 9.18. The summed E-state index contributed by atoms with van der Waals surface area (Å²) in [7, 11) is 2.76. The van der Waals surface area contributed by atoms with Gasteiger partial charge in [0, 0.05) is 16.9 Å². The van der Waals surface area contributed by atoms with Crippen molar-refractivity contribution >= 4 is 17.3 Å². The molecule has 0 bridgehead atoms. The lowest BCUT2D eigenvalue weighted by atomic mass is 9.87. The zero-order valence-electron chi connectivity index (χ0n) is 16.0. The normalized spacial score (nSPS) is 15.4. The fourth-order valence-corrected chi connectivity index (χ4v) is 4.19. The second kappa shape index (κ2) is 9.04. The monoisotopic (exact) mass is 387 g/mol. The van der Waals surface area contributed by atoms with Crippen molar-refractivity contribution in [2.45, 2.75) is 44.9 Å². The van der Waals surface area contributed by atoms with Crippen LogP contribution in [0.25, 0.3) is 10.6 Å². The highest BCUT2D eigenvalue weighted by Gasteiger charge is 2.19. The van der Waals surface area contributed by atoms with Gasteiger partial charge in [-0.05, 0) is 31.4 Å². The predicted octanol–water partition coefficient (Wildman–Crippen LogP) is 5.21. The lowest BCUT2D eigenvalue weighted by molar-refractivity contribution is -0.138. The molecule has 27 heavy (non-hydrogen) atoms. The van der Waals surface area contributed by atoms with Crippen LogP contribution in [0.3, 0.4) is 0 Å². The fourth-order valence-electron chi connectivity index (χ4n) is 3.29. The van der Waals surface area contributed by atoms with Gasteiger partial charge in [0.25, 0.3) is 0 Å². The molecule has 5 nitrogen and oxygen atoms in total. The highest BCUT2D eigenvalue weighted by Crippen LogP contribution is 2.36. The standard InChI is InChI=1S/C21H25NO4S/c1-14-9-10-16(11-18(14)26-19(12-24-2)21(23)25-3)20-22-17(13-27-20)15-7-5-4-6-8-15/h9-13,15H,4-8H2,1-3H3/b19-12-. The van der Waals surface area contributed by atoms with Crippen molar-refractivity contribution in [2.75, 3.05) is 14.2 Å². The van der Waals surface area contributed by atoms with E-state index in [1.807, 2.05) is 25.1 Å². The van der Waals surface area contributed by atoms with Gasteiger partial charge in [0.2, 0.25) is 5.76 Å². The summed E-state index contributed by atoms with van der Waals surface area (Å²) in [4.78, 5) is 16.7. The minimum atomic E-state index is -0.588. The molecule has 0 spiro atoms. The Morgan fingerprint density at radius 2 is 2.00 bits per heavy atom. The minimum absolute atomic E-state index is 0.00211. The maximum Gasteiger partial charge on any atom is 0.377 e. The first-order valence-corrected chi connectivity index (χ1v) is 10.1. The number of thiazole rings is 1. The summed E-state index contributed by atoms with van der Waals surface area (Å²) in [6, 6.07) is 5.91. The van der Waals surface area contributed by atoms with Crippen LogP contribution >= 0.6 is 11.3 Å². The van der Waals surface area contributed by atoms with Crippen molar-refractivity contribution < 1.29 is 19.0 Å². The Labute approximate surface area is 164 Å². The number of methoxy groups -OCH3 is 2. The van der Waals surface area contributed by atoms with E-state index >= 15 is 0 Å². The second-order valence-corrected chi connectivity index (χ2v) is 7.56. The maximum atomic E-state index is 11.8. The second-order valence-electron chi connectivity index (χ2n) is 6.70. The molecule has 0 amide bonds. The Bertz CT molecular complexity index is 821. The van der Waals surface area contributed by atoms with Crippen LogP contribution in [0.2, 0.25) is 0 Å². The molecular formula is C21H25NO4S. The molecule has 0 aliphatic heterocycles. The molecule has 1 heterocycles. The average Bonchev–Trinajstić information content (AvgIpc) is 3.19. The third-order valence-electron chi connectivity index (χ3n) is 4.81. The van der Waals surface area contributed by atoms with E-state index in [1.54, 1.807) is 11.3 Å². The van der Waals surface area contributed by atoms with E-state index in [2.05, 4.69) is 5.38 Å². The van der Waals surface area contributed by atoms with Crippen LogP contribution in [0.4, 0.5) is 0 Å². The molecule has 1 aliphatic carbocycles. The summed E-state index contributed by atoms with van der Waals surface area (Å²) < 4.78 is 15.4. The Hall–Kier alpha value is -2.34. The van der Waals surface area contributed by atoms with E-state index in [1.165, 1.54) is 58.3 Å². The third-order valence-corrected chi connectivity index (χ3v) is 5.72. The number of rotatable bonds is 6. The SMILES string of the molecule is CO/C=C(\Oc1cc(-c2nc(C3CCCCC3)cs2)ccc1C)C(=O)OC. The molecule has 6 heteroatoms. The van der Waals surface area contributed by atoms with Crippen molar-refractivity contribution in [1.82, 2.24) is 4.98 Å². The van der Waals surface area contributed by atoms with Gasteiger partial charge in [0.15, 0.2) is 0 Å². The molecule has 1 aromatic heterocycles. The van der Waals surface area contributed by atoms with Crippen LogP contribution in [-0.4, -0.2) is 25.2 Å². The minimum Gasteiger partial charge on any atom is -0.500 e. The van der Waals surface area contributed by atoms with Crippen molar-refractivity contribution in [3.05, 3.63) is 46.9 Å².